The first-order chi connectivity index (χ1) is 20.6. The quantitative estimate of drug-likeness (QED) is 0.241. The van der Waals surface area contributed by atoms with Gasteiger partial charge in [0.15, 0.2) is 12.1 Å². The molecule has 2 atom stereocenters. The van der Waals surface area contributed by atoms with Crippen molar-refractivity contribution in [2.45, 2.75) is 51.7 Å². The van der Waals surface area contributed by atoms with Gasteiger partial charge in [-0.25, -0.2) is 4.98 Å². The van der Waals surface area contributed by atoms with Crippen LogP contribution < -0.4 is 0 Å². The van der Waals surface area contributed by atoms with Crippen LogP contribution in [0.1, 0.15) is 66.3 Å². The molecule has 10 nitrogen and oxygen atoms in total. The summed E-state index contributed by atoms with van der Waals surface area (Å²) in [5.41, 5.74) is 4.55. The van der Waals surface area contributed by atoms with E-state index in [1.807, 2.05) is 78.4 Å². The van der Waals surface area contributed by atoms with Gasteiger partial charge in [0, 0.05) is 41.8 Å². The molecule has 0 aliphatic carbocycles. The van der Waals surface area contributed by atoms with E-state index in [2.05, 4.69) is 32.2 Å². The lowest BCUT2D eigenvalue weighted by atomic mass is 10.1. The van der Waals surface area contributed by atoms with Crippen LogP contribution in [0, 0.1) is 23.2 Å². The van der Waals surface area contributed by atoms with Gasteiger partial charge < -0.3 is 23.1 Å². The summed E-state index contributed by atoms with van der Waals surface area (Å²) >= 11 is 0. The molecule has 6 rings (SSSR count). The molecule has 0 amide bonds. The van der Waals surface area contributed by atoms with Crippen molar-refractivity contribution in [2.24, 2.45) is 0 Å². The van der Waals surface area contributed by atoms with Gasteiger partial charge in [-0.1, -0.05) is 29.1 Å². The van der Waals surface area contributed by atoms with Crippen LogP contribution in [-0.2, 0) is 22.6 Å². The van der Waals surface area contributed by atoms with Crippen LogP contribution in [0.25, 0.3) is 11.3 Å². The third-order valence-electron chi connectivity index (χ3n) is 7.04. The lowest BCUT2D eigenvalue weighted by molar-refractivity contribution is -0.188. The van der Waals surface area contributed by atoms with E-state index in [0.717, 1.165) is 59.6 Å². The summed E-state index contributed by atoms with van der Waals surface area (Å²) in [7, 11) is 0. The average Bonchev–Trinajstić information content (AvgIpc) is 3.79. The van der Waals surface area contributed by atoms with Gasteiger partial charge in [0.1, 0.15) is 30.0 Å². The highest BCUT2D eigenvalue weighted by Crippen LogP contribution is 2.25. The number of hydrogen-bond donors (Lipinski definition) is 0. The van der Waals surface area contributed by atoms with Crippen LogP contribution in [0.3, 0.4) is 0 Å². The summed E-state index contributed by atoms with van der Waals surface area (Å²) in [5, 5.41) is 20.9. The Morgan fingerprint density at radius 3 is 2.55 bits per heavy atom. The standard InChI is InChI=1S/C32H29N7O3/c1-23(41-31-4-2-3-17-40-31)32-34-15-16-38(32)21-28-18-29(42-37-28)27-13-11-25(12-14-27)6-5-24-7-9-26(10-8-24)20-39-22-35-36-30(39)19-33/h7-16,18,22-23,31H,2-4,17,20-21H2,1H3/t23-,31?/m0/s1. The fourth-order valence-corrected chi connectivity index (χ4v) is 4.83. The molecule has 210 valence electrons. The molecule has 1 aliphatic heterocycles. The Hall–Kier alpha value is -5.03. The molecule has 2 aromatic carbocycles. The molecule has 0 bridgehead atoms. The molecule has 1 saturated heterocycles. The molecule has 3 aromatic heterocycles. The van der Waals surface area contributed by atoms with E-state index in [1.54, 1.807) is 17.1 Å². The normalized spacial score (nSPS) is 15.5. The highest BCUT2D eigenvalue weighted by Gasteiger charge is 2.21. The topological polar surface area (TPSA) is 117 Å². The smallest absolute Gasteiger partial charge is 0.235 e. The second-order valence-electron chi connectivity index (χ2n) is 10.1. The van der Waals surface area contributed by atoms with E-state index in [-0.39, 0.29) is 18.2 Å². The summed E-state index contributed by atoms with van der Waals surface area (Å²) in [6.45, 7) is 3.80. The lowest BCUT2D eigenvalue weighted by Crippen LogP contribution is -2.24. The van der Waals surface area contributed by atoms with Crippen molar-refractivity contribution in [3.8, 4) is 29.2 Å². The Kier molecular flexibility index (Phi) is 8.18. The summed E-state index contributed by atoms with van der Waals surface area (Å²) in [5.74, 6) is 8.22. The van der Waals surface area contributed by atoms with E-state index in [1.165, 1.54) is 0 Å². The Labute approximate surface area is 243 Å². The number of aromatic nitrogens is 6. The van der Waals surface area contributed by atoms with Gasteiger partial charge in [-0.15, -0.1) is 10.2 Å². The maximum absolute atomic E-state index is 9.10. The Bertz CT molecular complexity index is 1730. The average molecular weight is 560 g/mol. The van der Waals surface area contributed by atoms with Gasteiger partial charge in [-0.05, 0) is 68.1 Å². The van der Waals surface area contributed by atoms with Gasteiger partial charge in [0.05, 0.1) is 13.1 Å². The van der Waals surface area contributed by atoms with Crippen molar-refractivity contribution < 1.29 is 14.0 Å². The first-order valence-electron chi connectivity index (χ1n) is 13.9. The van der Waals surface area contributed by atoms with Crippen LogP contribution in [0.4, 0.5) is 0 Å². The zero-order valence-corrected chi connectivity index (χ0v) is 23.2. The molecule has 10 heteroatoms. The third-order valence-corrected chi connectivity index (χ3v) is 7.04. The molecule has 5 aromatic rings. The van der Waals surface area contributed by atoms with Crippen molar-refractivity contribution in [3.63, 3.8) is 0 Å². The van der Waals surface area contributed by atoms with Crippen LogP contribution >= 0.6 is 0 Å². The SMILES string of the molecule is C[C@H](OC1CCCCO1)c1nccn1Cc1cc(-c2ccc(C#Cc3ccc(Cn4cnnc4C#N)cc3)cc2)on1. The van der Waals surface area contributed by atoms with Crippen LogP contribution in [0.15, 0.2) is 77.8 Å². The summed E-state index contributed by atoms with van der Waals surface area (Å²) < 4.78 is 21.2. The number of hydrogen-bond acceptors (Lipinski definition) is 8. The zero-order valence-electron chi connectivity index (χ0n) is 23.2. The molecule has 42 heavy (non-hydrogen) atoms. The van der Waals surface area contributed by atoms with Gasteiger partial charge in [-0.3, -0.25) is 0 Å². The summed E-state index contributed by atoms with van der Waals surface area (Å²) in [6.07, 6.45) is 7.99. The van der Waals surface area contributed by atoms with E-state index in [0.29, 0.717) is 18.8 Å². The second-order valence-corrected chi connectivity index (χ2v) is 10.1. The molecule has 0 spiro atoms. The Morgan fingerprint density at radius 2 is 1.81 bits per heavy atom. The Morgan fingerprint density at radius 1 is 1.02 bits per heavy atom. The maximum atomic E-state index is 9.10. The Balaban J connectivity index is 1.06. The fourth-order valence-electron chi connectivity index (χ4n) is 4.83. The van der Waals surface area contributed by atoms with Gasteiger partial charge in [0.25, 0.3) is 0 Å². The molecule has 1 fully saturated rings. The van der Waals surface area contributed by atoms with Crippen molar-refractivity contribution in [1.82, 2.24) is 29.5 Å². The first-order valence-corrected chi connectivity index (χ1v) is 13.9. The van der Waals surface area contributed by atoms with Crippen molar-refractivity contribution in [2.75, 3.05) is 6.61 Å². The number of nitriles is 1. The zero-order chi connectivity index (χ0) is 28.7. The molecule has 4 heterocycles. The molecular weight excluding hydrogens is 530 g/mol. The predicted octanol–water partition coefficient (Wildman–Crippen LogP) is 5.10. The number of benzene rings is 2. The van der Waals surface area contributed by atoms with Crippen molar-refractivity contribution >= 4 is 0 Å². The van der Waals surface area contributed by atoms with Gasteiger partial charge >= 0.3 is 0 Å². The van der Waals surface area contributed by atoms with Crippen molar-refractivity contribution in [1.29, 1.82) is 5.26 Å². The maximum Gasteiger partial charge on any atom is 0.235 e. The number of nitrogens with zero attached hydrogens (tertiary/aromatic N) is 7. The predicted molar refractivity (Wildman–Crippen MR) is 153 cm³/mol. The van der Waals surface area contributed by atoms with Crippen LogP contribution in [-0.4, -0.2) is 42.4 Å². The van der Waals surface area contributed by atoms with Crippen molar-refractivity contribution in [3.05, 3.63) is 107 Å². The fraction of sp³-hybridized carbons (Fsp3) is 0.281. The third kappa shape index (κ3) is 6.47. The first kappa shape index (κ1) is 27.2. The number of imidazole rings is 1. The van der Waals surface area contributed by atoms with E-state index < -0.39 is 0 Å². The molecule has 0 N–H and O–H groups in total. The largest absolute Gasteiger partial charge is 0.356 e. The van der Waals surface area contributed by atoms with E-state index in [9.17, 15) is 0 Å². The molecule has 1 aliphatic rings. The van der Waals surface area contributed by atoms with Crippen LogP contribution in [0.2, 0.25) is 0 Å². The summed E-state index contributed by atoms with van der Waals surface area (Å²) in [4.78, 5) is 4.51. The van der Waals surface area contributed by atoms with Gasteiger partial charge in [-0.2, -0.15) is 5.26 Å². The van der Waals surface area contributed by atoms with E-state index >= 15 is 0 Å². The molecule has 0 saturated carbocycles. The van der Waals surface area contributed by atoms with Gasteiger partial charge in [0.2, 0.25) is 5.82 Å². The number of rotatable bonds is 8. The minimum absolute atomic E-state index is 0.179. The number of ether oxygens (including phenoxy) is 2. The molecule has 1 unspecified atom stereocenters. The molecule has 0 radical (unpaired) electrons. The lowest BCUT2D eigenvalue weighted by Gasteiger charge is -2.26. The van der Waals surface area contributed by atoms with Crippen LogP contribution in [0.5, 0.6) is 0 Å². The highest BCUT2D eigenvalue weighted by atomic mass is 16.7. The monoisotopic (exact) mass is 559 g/mol. The molecular formula is C32H29N7O3. The highest BCUT2D eigenvalue weighted by molar-refractivity contribution is 5.59. The second kappa shape index (κ2) is 12.6. The minimum Gasteiger partial charge on any atom is -0.356 e. The van der Waals surface area contributed by atoms with E-state index in [4.69, 9.17) is 19.3 Å². The minimum atomic E-state index is -0.196. The summed E-state index contributed by atoms with van der Waals surface area (Å²) in [6, 6.07) is 19.8.